The van der Waals surface area contributed by atoms with Gasteiger partial charge in [0.25, 0.3) is 0 Å². The van der Waals surface area contributed by atoms with Crippen molar-refractivity contribution in [2.75, 3.05) is 5.32 Å². The van der Waals surface area contributed by atoms with Crippen LogP contribution >= 0.6 is 0 Å². The Kier molecular flexibility index (Phi) is 3.74. The Morgan fingerprint density at radius 3 is 2.90 bits per heavy atom. The van der Waals surface area contributed by atoms with Crippen molar-refractivity contribution in [1.29, 1.82) is 0 Å². The van der Waals surface area contributed by atoms with Gasteiger partial charge in [0.15, 0.2) is 0 Å². The molecule has 2 fully saturated rings. The molecule has 3 atom stereocenters. The van der Waals surface area contributed by atoms with E-state index in [4.69, 9.17) is 0 Å². The molecule has 2 N–H and O–H groups in total. The smallest absolute Gasteiger partial charge is 0.241 e. The van der Waals surface area contributed by atoms with Crippen LogP contribution in [0.1, 0.15) is 37.7 Å². The van der Waals surface area contributed by atoms with E-state index in [9.17, 15) is 9.18 Å². The predicted molar refractivity (Wildman–Crippen MR) is 77.1 cm³/mol. The zero-order chi connectivity index (χ0) is 14.1. The van der Waals surface area contributed by atoms with Gasteiger partial charge in [-0.3, -0.25) is 4.79 Å². The summed E-state index contributed by atoms with van der Waals surface area (Å²) in [6, 6.07) is 5.18. The van der Waals surface area contributed by atoms with E-state index in [1.54, 1.807) is 19.1 Å². The Morgan fingerprint density at radius 2 is 2.15 bits per heavy atom. The fourth-order valence-corrected chi connectivity index (χ4v) is 3.42. The van der Waals surface area contributed by atoms with Crippen molar-refractivity contribution in [3.05, 3.63) is 29.6 Å². The van der Waals surface area contributed by atoms with Crippen LogP contribution in [-0.4, -0.2) is 18.0 Å². The lowest BCUT2D eigenvalue weighted by molar-refractivity contribution is -0.117. The maximum Gasteiger partial charge on any atom is 0.241 e. The Hall–Kier alpha value is -1.42. The standard InChI is InChI=1S/C16H21FN2O/c1-10-6-7-12(9-13(10)17)18-16(20)15-8-11-4-2-3-5-14(11)19-15/h6-7,9,11,14-15,19H,2-5,8H2,1H3,(H,18,20). The number of nitrogens with one attached hydrogen (secondary N) is 2. The number of anilines is 1. The third-order valence-electron chi connectivity index (χ3n) is 4.62. The molecule has 1 heterocycles. The molecular weight excluding hydrogens is 255 g/mol. The zero-order valence-electron chi connectivity index (χ0n) is 11.8. The predicted octanol–water partition coefficient (Wildman–Crippen LogP) is 2.99. The van der Waals surface area contributed by atoms with Crippen molar-refractivity contribution in [3.63, 3.8) is 0 Å². The van der Waals surface area contributed by atoms with Gasteiger partial charge in [0.1, 0.15) is 5.82 Å². The summed E-state index contributed by atoms with van der Waals surface area (Å²) in [6.07, 6.45) is 5.84. The van der Waals surface area contributed by atoms with Crippen molar-refractivity contribution in [2.24, 2.45) is 5.92 Å². The van der Waals surface area contributed by atoms with Gasteiger partial charge in [-0.2, -0.15) is 0 Å². The van der Waals surface area contributed by atoms with E-state index in [1.165, 1.54) is 31.7 Å². The van der Waals surface area contributed by atoms with Crippen LogP contribution in [0.4, 0.5) is 10.1 Å². The average molecular weight is 276 g/mol. The van der Waals surface area contributed by atoms with Gasteiger partial charge in [0.2, 0.25) is 5.91 Å². The number of amides is 1. The van der Waals surface area contributed by atoms with Crippen LogP contribution in [0.5, 0.6) is 0 Å². The van der Waals surface area contributed by atoms with Gasteiger partial charge in [-0.05, 0) is 49.8 Å². The summed E-state index contributed by atoms with van der Waals surface area (Å²) in [5.74, 6) is 0.313. The Morgan fingerprint density at radius 1 is 1.35 bits per heavy atom. The molecule has 1 amide bonds. The number of aryl methyl sites for hydroxylation is 1. The molecule has 3 rings (SSSR count). The molecule has 0 bridgehead atoms. The highest BCUT2D eigenvalue weighted by molar-refractivity contribution is 5.95. The number of carbonyl (C=O) groups excluding carboxylic acids is 1. The molecule has 1 saturated heterocycles. The quantitative estimate of drug-likeness (QED) is 0.872. The SMILES string of the molecule is Cc1ccc(NC(=O)C2CC3CCCCC3N2)cc1F. The van der Waals surface area contributed by atoms with Gasteiger partial charge >= 0.3 is 0 Å². The minimum atomic E-state index is -0.282. The lowest BCUT2D eigenvalue weighted by atomic mass is 9.85. The molecule has 20 heavy (non-hydrogen) atoms. The number of hydrogen-bond acceptors (Lipinski definition) is 2. The maximum absolute atomic E-state index is 13.5. The van der Waals surface area contributed by atoms with Gasteiger partial charge in [0.05, 0.1) is 6.04 Å². The lowest BCUT2D eigenvalue weighted by Crippen LogP contribution is -2.39. The summed E-state index contributed by atoms with van der Waals surface area (Å²) in [5.41, 5.74) is 1.13. The zero-order valence-corrected chi connectivity index (χ0v) is 11.8. The topological polar surface area (TPSA) is 41.1 Å². The van der Waals surface area contributed by atoms with Crippen molar-refractivity contribution in [1.82, 2.24) is 5.32 Å². The highest BCUT2D eigenvalue weighted by atomic mass is 19.1. The van der Waals surface area contributed by atoms with E-state index in [0.29, 0.717) is 23.2 Å². The number of fused-ring (bicyclic) bond motifs is 1. The summed E-state index contributed by atoms with van der Waals surface area (Å²) in [7, 11) is 0. The molecule has 4 heteroatoms. The first-order chi connectivity index (χ1) is 9.63. The molecule has 3 nitrogen and oxygen atoms in total. The monoisotopic (exact) mass is 276 g/mol. The minimum absolute atomic E-state index is 0.0392. The molecule has 0 radical (unpaired) electrons. The van der Waals surface area contributed by atoms with Gasteiger partial charge < -0.3 is 10.6 Å². The van der Waals surface area contributed by atoms with Crippen LogP contribution < -0.4 is 10.6 Å². The summed E-state index contributed by atoms with van der Waals surface area (Å²) in [6.45, 7) is 1.71. The molecule has 1 aliphatic carbocycles. The first-order valence-electron chi connectivity index (χ1n) is 7.46. The molecule has 3 unspecified atom stereocenters. The van der Waals surface area contributed by atoms with E-state index < -0.39 is 0 Å². The highest BCUT2D eigenvalue weighted by Crippen LogP contribution is 2.33. The van der Waals surface area contributed by atoms with E-state index in [2.05, 4.69) is 10.6 Å². The van der Waals surface area contributed by atoms with Crippen molar-refractivity contribution < 1.29 is 9.18 Å². The summed E-state index contributed by atoms with van der Waals surface area (Å²) in [5, 5.41) is 6.25. The molecule has 1 aliphatic heterocycles. The van der Waals surface area contributed by atoms with Crippen molar-refractivity contribution in [2.45, 2.75) is 51.1 Å². The number of rotatable bonds is 2. The summed E-state index contributed by atoms with van der Waals surface area (Å²) >= 11 is 0. The third kappa shape index (κ3) is 2.70. The third-order valence-corrected chi connectivity index (χ3v) is 4.62. The van der Waals surface area contributed by atoms with Crippen molar-refractivity contribution in [3.8, 4) is 0 Å². The molecule has 0 spiro atoms. The largest absolute Gasteiger partial charge is 0.325 e. The first-order valence-corrected chi connectivity index (χ1v) is 7.46. The average Bonchev–Trinajstić information content (AvgIpc) is 2.87. The molecule has 108 valence electrons. The van der Waals surface area contributed by atoms with Crippen LogP contribution in [0, 0.1) is 18.7 Å². The fourth-order valence-electron chi connectivity index (χ4n) is 3.42. The van der Waals surface area contributed by atoms with Gasteiger partial charge in [0, 0.05) is 11.7 Å². The van der Waals surface area contributed by atoms with Gasteiger partial charge in [-0.1, -0.05) is 18.9 Å². The van der Waals surface area contributed by atoms with Crippen LogP contribution in [0.3, 0.4) is 0 Å². The van der Waals surface area contributed by atoms with Crippen molar-refractivity contribution >= 4 is 11.6 Å². The number of benzene rings is 1. The van der Waals surface area contributed by atoms with Crippen LogP contribution in [0.15, 0.2) is 18.2 Å². The first kappa shape index (κ1) is 13.6. The van der Waals surface area contributed by atoms with Crippen LogP contribution in [0.2, 0.25) is 0 Å². The number of hydrogen-bond donors (Lipinski definition) is 2. The summed E-state index contributed by atoms with van der Waals surface area (Å²) < 4.78 is 13.5. The van der Waals surface area contributed by atoms with Gasteiger partial charge in [-0.15, -0.1) is 0 Å². The molecule has 1 aromatic rings. The molecule has 1 saturated carbocycles. The Bertz CT molecular complexity index is 503. The highest BCUT2D eigenvalue weighted by Gasteiger charge is 2.38. The molecule has 0 aromatic heterocycles. The Balaban J connectivity index is 1.63. The molecule has 2 aliphatic rings. The number of carbonyl (C=O) groups is 1. The molecular formula is C16H21FN2O. The Labute approximate surface area is 118 Å². The second kappa shape index (κ2) is 5.52. The maximum atomic E-state index is 13.5. The minimum Gasteiger partial charge on any atom is -0.325 e. The summed E-state index contributed by atoms with van der Waals surface area (Å²) in [4.78, 5) is 12.3. The second-order valence-corrected chi connectivity index (χ2v) is 6.06. The van der Waals surface area contributed by atoms with Gasteiger partial charge in [-0.25, -0.2) is 4.39 Å². The number of halogens is 1. The van der Waals surface area contributed by atoms with E-state index >= 15 is 0 Å². The van der Waals surface area contributed by atoms with E-state index in [0.717, 1.165) is 6.42 Å². The van der Waals surface area contributed by atoms with E-state index in [1.807, 2.05) is 0 Å². The van der Waals surface area contributed by atoms with E-state index in [-0.39, 0.29) is 17.8 Å². The normalized spacial score (nSPS) is 29.0. The molecule has 1 aromatic carbocycles. The lowest BCUT2D eigenvalue weighted by Gasteiger charge is -2.24. The second-order valence-electron chi connectivity index (χ2n) is 6.06. The van der Waals surface area contributed by atoms with Crippen LogP contribution in [-0.2, 0) is 4.79 Å². The van der Waals surface area contributed by atoms with Crippen LogP contribution in [0.25, 0.3) is 0 Å². The fraction of sp³-hybridized carbons (Fsp3) is 0.562.